The van der Waals surface area contributed by atoms with Crippen LogP contribution >= 0.6 is 0 Å². The maximum absolute atomic E-state index is 12.6. The van der Waals surface area contributed by atoms with E-state index in [-0.39, 0.29) is 0 Å². The average Bonchev–Trinajstić information content (AvgIpc) is 2.68. The summed E-state index contributed by atoms with van der Waals surface area (Å²) >= 11 is 0. The third-order valence-electron chi connectivity index (χ3n) is 6.29. The molecule has 140 valence electrons. The Kier molecular flexibility index (Phi) is 5.23. The van der Waals surface area contributed by atoms with E-state index in [1.165, 1.54) is 25.7 Å². The van der Waals surface area contributed by atoms with Crippen molar-refractivity contribution < 1.29 is 4.79 Å². The third kappa shape index (κ3) is 3.76. The second kappa shape index (κ2) is 7.77. The monoisotopic (exact) mass is 354 g/mol. The van der Waals surface area contributed by atoms with E-state index >= 15 is 0 Å². The number of aryl methyl sites for hydroxylation is 1. The standard InChI is InChI=1S/C21H30N4O/c1-16-22-12-9-20(23-16)24-13-11-19-18(15-24)7-8-21(26)25(19)14-10-17-5-3-2-4-6-17/h5,9,12,18-19H,2-4,6-8,10-11,13-15H2,1H3/t18-,19+/m0/s1. The van der Waals surface area contributed by atoms with Gasteiger partial charge in [-0.05, 0) is 63.9 Å². The predicted molar refractivity (Wildman–Crippen MR) is 103 cm³/mol. The second-order valence-electron chi connectivity index (χ2n) is 8.01. The molecule has 1 aliphatic carbocycles. The first-order valence-electron chi connectivity index (χ1n) is 10.2. The van der Waals surface area contributed by atoms with Gasteiger partial charge in [0.15, 0.2) is 0 Å². The van der Waals surface area contributed by atoms with E-state index in [4.69, 9.17) is 0 Å². The number of anilines is 1. The van der Waals surface area contributed by atoms with Gasteiger partial charge in [-0.15, -0.1) is 0 Å². The third-order valence-corrected chi connectivity index (χ3v) is 6.29. The molecule has 5 heteroatoms. The number of hydrogen-bond donors (Lipinski definition) is 0. The summed E-state index contributed by atoms with van der Waals surface area (Å²) in [5.41, 5.74) is 1.57. The molecular weight excluding hydrogens is 324 g/mol. The minimum absolute atomic E-state index is 0.369. The number of carbonyl (C=O) groups is 1. The molecular formula is C21H30N4O. The summed E-state index contributed by atoms with van der Waals surface area (Å²) in [5.74, 6) is 2.80. The van der Waals surface area contributed by atoms with Crippen LogP contribution in [0.15, 0.2) is 23.9 Å². The van der Waals surface area contributed by atoms with E-state index in [2.05, 4.69) is 25.8 Å². The molecule has 0 spiro atoms. The first-order chi connectivity index (χ1) is 12.7. The van der Waals surface area contributed by atoms with E-state index in [9.17, 15) is 4.79 Å². The van der Waals surface area contributed by atoms with Crippen LogP contribution in [0.3, 0.4) is 0 Å². The van der Waals surface area contributed by atoms with Gasteiger partial charge in [0.1, 0.15) is 11.6 Å². The summed E-state index contributed by atoms with van der Waals surface area (Å²) in [4.78, 5) is 26.0. The van der Waals surface area contributed by atoms with Crippen molar-refractivity contribution in [3.63, 3.8) is 0 Å². The lowest BCUT2D eigenvalue weighted by atomic mass is 9.83. The van der Waals surface area contributed by atoms with Crippen LogP contribution in [-0.4, -0.2) is 46.5 Å². The van der Waals surface area contributed by atoms with Gasteiger partial charge >= 0.3 is 0 Å². The highest BCUT2D eigenvalue weighted by molar-refractivity contribution is 5.77. The van der Waals surface area contributed by atoms with Crippen molar-refractivity contribution >= 4 is 11.7 Å². The summed E-state index contributed by atoms with van der Waals surface area (Å²) in [6.07, 6.45) is 13.2. The molecule has 5 nitrogen and oxygen atoms in total. The highest BCUT2D eigenvalue weighted by Crippen LogP contribution is 2.33. The van der Waals surface area contributed by atoms with Gasteiger partial charge in [-0.25, -0.2) is 9.97 Å². The zero-order chi connectivity index (χ0) is 17.9. The maximum atomic E-state index is 12.6. The van der Waals surface area contributed by atoms with Crippen molar-refractivity contribution in [2.24, 2.45) is 5.92 Å². The number of hydrogen-bond acceptors (Lipinski definition) is 4. The van der Waals surface area contributed by atoms with Crippen molar-refractivity contribution in [2.75, 3.05) is 24.5 Å². The lowest BCUT2D eigenvalue weighted by Crippen LogP contribution is -2.56. The minimum atomic E-state index is 0.369. The van der Waals surface area contributed by atoms with Crippen LogP contribution in [-0.2, 0) is 4.79 Å². The Morgan fingerprint density at radius 2 is 2.15 bits per heavy atom. The summed E-state index contributed by atoms with van der Waals surface area (Å²) < 4.78 is 0. The van der Waals surface area contributed by atoms with Crippen LogP contribution in [0, 0.1) is 12.8 Å². The normalized spacial score (nSPS) is 26.5. The zero-order valence-electron chi connectivity index (χ0n) is 15.9. The summed E-state index contributed by atoms with van der Waals surface area (Å²) in [6.45, 7) is 4.84. The molecule has 2 fully saturated rings. The second-order valence-corrected chi connectivity index (χ2v) is 8.01. The molecule has 4 rings (SSSR count). The van der Waals surface area contributed by atoms with Gasteiger partial charge in [-0.3, -0.25) is 4.79 Å². The number of allylic oxidation sites excluding steroid dienone is 1. The molecule has 3 heterocycles. The maximum Gasteiger partial charge on any atom is 0.222 e. The van der Waals surface area contributed by atoms with Crippen molar-refractivity contribution in [3.8, 4) is 0 Å². The molecule has 0 bridgehead atoms. The van der Waals surface area contributed by atoms with Crippen LogP contribution in [0.25, 0.3) is 0 Å². The first-order valence-corrected chi connectivity index (χ1v) is 10.2. The van der Waals surface area contributed by atoms with E-state index in [0.717, 1.165) is 50.5 Å². The van der Waals surface area contributed by atoms with Crippen molar-refractivity contribution in [1.82, 2.24) is 14.9 Å². The largest absolute Gasteiger partial charge is 0.356 e. The number of carbonyl (C=O) groups excluding carboxylic acids is 1. The topological polar surface area (TPSA) is 49.3 Å². The first kappa shape index (κ1) is 17.5. The van der Waals surface area contributed by atoms with Crippen LogP contribution in [0.4, 0.5) is 5.82 Å². The molecule has 0 unspecified atom stereocenters. The highest BCUT2D eigenvalue weighted by Gasteiger charge is 2.39. The van der Waals surface area contributed by atoms with Gasteiger partial charge in [0.05, 0.1) is 0 Å². The Morgan fingerprint density at radius 1 is 1.23 bits per heavy atom. The summed E-state index contributed by atoms with van der Waals surface area (Å²) in [5, 5.41) is 0. The molecule has 1 amide bonds. The molecule has 2 atom stereocenters. The molecule has 1 aromatic heterocycles. The highest BCUT2D eigenvalue weighted by atomic mass is 16.2. The van der Waals surface area contributed by atoms with E-state index in [1.807, 2.05) is 19.2 Å². The Hall–Kier alpha value is -1.91. The van der Waals surface area contributed by atoms with E-state index in [1.54, 1.807) is 5.57 Å². The molecule has 0 N–H and O–H groups in total. The van der Waals surface area contributed by atoms with Crippen LogP contribution < -0.4 is 4.90 Å². The van der Waals surface area contributed by atoms with Gasteiger partial charge in [0.25, 0.3) is 0 Å². The fourth-order valence-electron chi connectivity index (χ4n) is 4.87. The average molecular weight is 354 g/mol. The number of piperidine rings is 2. The Bertz CT molecular complexity index is 686. The number of nitrogens with zero attached hydrogens (tertiary/aromatic N) is 4. The van der Waals surface area contributed by atoms with Gasteiger partial charge in [0, 0.05) is 38.3 Å². The van der Waals surface area contributed by atoms with E-state index in [0.29, 0.717) is 24.3 Å². The summed E-state index contributed by atoms with van der Waals surface area (Å²) in [6, 6.07) is 2.42. The molecule has 2 aliphatic heterocycles. The quantitative estimate of drug-likeness (QED) is 0.777. The summed E-state index contributed by atoms with van der Waals surface area (Å²) in [7, 11) is 0. The fraction of sp³-hybridized carbons (Fsp3) is 0.667. The van der Waals surface area contributed by atoms with Crippen LogP contribution in [0.5, 0.6) is 0 Å². The van der Waals surface area contributed by atoms with Gasteiger partial charge in [-0.1, -0.05) is 11.6 Å². The Labute approximate surface area is 156 Å². The van der Waals surface area contributed by atoms with Crippen molar-refractivity contribution in [1.29, 1.82) is 0 Å². The molecule has 0 radical (unpaired) electrons. The SMILES string of the molecule is Cc1nccc(N2CC[C@@H]3[C@@H](CCC(=O)N3CCC3=CCCCC3)C2)n1. The number of rotatable bonds is 4. The van der Waals surface area contributed by atoms with E-state index < -0.39 is 0 Å². The minimum Gasteiger partial charge on any atom is -0.356 e. The molecule has 26 heavy (non-hydrogen) atoms. The molecule has 0 saturated carbocycles. The molecule has 1 aromatic rings. The van der Waals surface area contributed by atoms with Crippen LogP contribution in [0.2, 0.25) is 0 Å². The molecule has 2 saturated heterocycles. The number of fused-ring (bicyclic) bond motifs is 1. The van der Waals surface area contributed by atoms with Crippen molar-refractivity contribution in [3.05, 3.63) is 29.7 Å². The number of amides is 1. The van der Waals surface area contributed by atoms with Gasteiger partial charge in [-0.2, -0.15) is 0 Å². The number of aromatic nitrogens is 2. The van der Waals surface area contributed by atoms with Gasteiger partial charge < -0.3 is 9.80 Å². The lowest BCUT2D eigenvalue weighted by Gasteiger charge is -2.47. The lowest BCUT2D eigenvalue weighted by molar-refractivity contribution is -0.139. The molecule has 3 aliphatic rings. The van der Waals surface area contributed by atoms with Crippen molar-refractivity contribution in [2.45, 2.75) is 64.3 Å². The fourth-order valence-corrected chi connectivity index (χ4v) is 4.87. The van der Waals surface area contributed by atoms with Crippen LogP contribution in [0.1, 0.15) is 57.2 Å². The number of likely N-dealkylation sites (tertiary alicyclic amines) is 1. The van der Waals surface area contributed by atoms with Gasteiger partial charge in [0.2, 0.25) is 5.91 Å². The Morgan fingerprint density at radius 3 is 2.96 bits per heavy atom. The Balaban J connectivity index is 1.41. The zero-order valence-corrected chi connectivity index (χ0v) is 15.9. The molecule has 0 aromatic carbocycles. The predicted octanol–water partition coefficient (Wildman–Crippen LogP) is 3.49. The smallest absolute Gasteiger partial charge is 0.222 e.